The SMILES string of the molecule is CC=NCOS(=O)(=O)OCCCCCCCCCCC(C)CC. The van der Waals surface area contributed by atoms with Crippen molar-refractivity contribution in [1.82, 2.24) is 0 Å². The number of rotatable bonds is 16. The quantitative estimate of drug-likeness (QED) is 0.294. The summed E-state index contributed by atoms with van der Waals surface area (Å²) in [4.78, 5) is 3.66. The van der Waals surface area contributed by atoms with E-state index in [0.717, 1.165) is 25.2 Å². The van der Waals surface area contributed by atoms with Gasteiger partial charge in [0.25, 0.3) is 0 Å². The molecule has 0 aromatic heterocycles. The van der Waals surface area contributed by atoms with E-state index in [1.54, 1.807) is 6.92 Å². The Kier molecular flexibility index (Phi) is 14.8. The van der Waals surface area contributed by atoms with E-state index in [-0.39, 0.29) is 13.3 Å². The van der Waals surface area contributed by atoms with Crippen molar-refractivity contribution in [1.29, 1.82) is 0 Å². The monoisotopic (exact) mass is 349 g/mol. The molecular formula is C17H35NO4S. The van der Waals surface area contributed by atoms with Crippen molar-refractivity contribution in [3.8, 4) is 0 Å². The predicted molar refractivity (Wildman–Crippen MR) is 96.0 cm³/mol. The van der Waals surface area contributed by atoms with E-state index in [2.05, 4.69) is 23.0 Å². The summed E-state index contributed by atoms with van der Waals surface area (Å²) < 4.78 is 31.9. The van der Waals surface area contributed by atoms with Gasteiger partial charge < -0.3 is 0 Å². The summed E-state index contributed by atoms with van der Waals surface area (Å²) in [6.45, 7) is 6.25. The summed E-state index contributed by atoms with van der Waals surface area (Å²) in [5.41, 5.74) is 0. The largest absolute Gasteiger partial charge is 0.401 e. The van der Waals surface area contributed by atoms with Crippen LogP contribution in [0.3, 0.4) is 0 Å². The molecule has 0 radical (unpaired) electrons. The van der Waals surface area contributed by atoms with Crippen LogP contribution in [-0.2, 0) is 18.8 Å². The minimum absolute atomic E-state index is 0.188. The lowest BCUT2D eigenvalue weighted by atomic mass is 10.00. The van der Waals surface area contributed by atoms with Crippen molar-refractivity contribution in [2.45, 2.75) is 85.0 Å². The Balaban J connectivity index is 3.33. The van der Waals surface area contributed by atoms with Crippen molar-refractivity contribution in [2.75, 3.05) is 13.3 Å². The van der Waals surface area contributed by atoms with Gasteiger partial charge in [0, 0.05) is 0 Å². The number of unbranched alkanes of at least 4 members (excludes halogenated alkanes) is 7. The van der Waals surface area contributed by atoms with Gasteiger partial charge in [-0.15, -0.1) is 0 Å². The molecule has 0 bridgehead atoms. The summed E-state index contributed by atoms with van der Waals surface area (Å²) in [5.74, 6) is 0.865. The van der Waals surface area contributed by atoms with Crippen molar-refractivity contribution >= 4 is 16.6 Å². The van der Waals surface area contributed by atoms with E-state index in [0.29, 0.717) is 0 Å². The topological polar surface area (TPSA) is 65.0 Å². The highest BCUT2D eigenvalue weighted by atomic mass is 32.3. The third kappa shape index (κ3) is 16.2. The molecule has 0 saturated heterocycles. The highest BCUT2D eigenvalue weighted by molar-refractivity contribution is 7.81. The molecule has 0 amide bonds. The maximum atomic E-state index is 11.3. The number of hydrogen-bond donors (Lipinski definition) is 0. The first-order valence-electron chi connectivity index (χ1n) is 9.00. The Morgan fingerprint density at radius 1 is 0.957 bits per heavy atom. The molecule has 0 heterocycles. The van der Waals surface area contributed by atoms with Crippen molar-refractivity contribution in [3.63, 3.8) is 0 Å². The zero-order valence-electron chi connectivity index (χ0n) is 15.1. The zero-order valence-corrected chi connectivity index (χ0v) is 15.9. The van der Waals surface area contributed by atoms with Crippen LogP contribution >= 0.6 is 0 Å². The number of aliphatic imine (C=N–C) groups is 1. The van der Waals surface area contributed by atoms with Crippen LogP contribution in [0.25, 0.3) is 0 Å². The Labute approximate surface area is 143 Å². The van der Waals surface area contributed by atoms with Gasteiger partial charge in [-0.2, -0.15) is 8.42 Å². The molecule has 0 spiro atoms. The fourth-order valence-corrected chi connectivity index (χ4v) is 2.80. The van der Waals surface area contributed by atoms with Crippen LogP contribution in [0.1, 0.15) is 85.0 Å². The molecule has 0 aromatic rings. The Bertz CT molecular complexity index is 382. The molecule has 23 heavy (non-hydrogen) atoms. The van der Waals surface area contributed by atoms with Gasteiger partial charge in [-0.1, -0.05) is 71.6 Å². The Hall–Kier alpha value is -0.460. The van der Waals surface area contributed by atoms with E-state index in [9.17, 15) is 8.42 Å². The molecule has 0 aliphatic heterocycles. The minimum Gasteiger partial charge on any atom is -0.268 e. The first-order valence-corrected chi connectivity index (χ1v) is 10.3. The fourth-order valence-electron chi connectivity index (χ4n) is 2.22. The summed E-state index contributed by atoms with van der Waals surface area (Å²) in [6, 6.07) is 0. The minimum atomic E-state index is -3.88. The molecule has 0 aliphatic carbocycles. The van der Waals surface area contributed by atoms with Gasteiger partial charge in [0.2, 0.25) is 0 Å². The molecular weight excluding hydrogens is 314 g/mol. The molecule has 0 fully saturated rings. The van der Waals surface area contributed by atoms with E-state index < -0.39 is 10.4 Å². The molecule has 1 unspecified atom stereocenters. The van der Waals surface area contributed by atoms with Crippen molar-refractivity contribution in [2.24, 2.45) is 10.9 Å². The van der Waals surface area contributed by atoms with Crippen LogP contribution < -0.4 is 0 Å². The van der Waals surface area contributed by atoms with Crippen LogP contribution in [-0.4, -0.2) is 28.0 Å². The van der Waals surface area contributed by atoms with Crippen LogP contribution in [0.5, 0.6) is 0 Å². The van der Waals surface area contributed by atoms with Gasteiger partial charge >= 0.3 is 10.4 Å². The Morgan fingerprint density at radius 2 is 1.52 bits per heavy atom. The molecule has 0 rings (SSSR count). The molecule has 1 atom stereocenters. The predicted octanol–water partition coefficient (Wildman–Crippen LogP) is 4.87. The van der Waals surface area contributed by atoms with Gasteiger partial charge in [0.1, 0.15) is 0 Å². The maximum Gasteiger partial charge on any atom is 0.401 e. The van der Waals surface area contributed by atoms with Crippen molar-refractivity contribution in [3.05, 3.63) is 0 Å². The molecule has 6 heteroatoms. The van der Waals surface area contributed by atoms with Crippen LogP contribution in [0.2, 0.25) is 0 Å². The third-order valence-electron chi connectivity index (χ3n) is 3.97. The van der Waals surface area contributed by atoms with Gasteiger partial charge in [0.15, 0.2) is 6.73 Å². The highest BCUT2D eigenvalue weighted by Gasteiger charge is 2.10. The molecule has 0 N–H and O–H groups in total. The molecule has 0 aromatic carbocycles. The van der Waals surface area contributed by atoms with Gasteiger partial charge in [0.05, 0.1) is 6.61 Å². The zero-order chi connectivity index (χ0) is 17.4. The number of nitrogens with zero attached hydrogens (tertiary/aromatic N) is 1. The van der Waals surface area contributed by atoms with Gasteiger partial charge in [-0.3, -0.25) is 4.99 Å². The Morgan fingerprint density at radius 3 is 2.09 bits per heavy atom. The van der Waals surface area contributed by atoms with E-state index in [1.165, 1.54) is 51.2 Å². The standard InChI is InChI=1S/C17H35NO4S/c1-4-17(3)14-12-10-8-6-7-9-11-13-15-21-23(19,20)22-16-18-5-2/h5,17H,4,6-16H2,1-3H3. The lowest BCUT2D eigenvalue weighted by Gasteiger charge is -2.07. The first-order chi connectivity index (χ1) is 11.0. The molecule has 5 nitrogen and oxygen atoms in total. The maximum absolute atomic E-state index is 11.3. The summed E-state index contributed by atoms with van der Waals surface area (Å²) >= 11 is 0. The summed E-state index contributed by atoms with van der Waals surface area (Å²) in [6.07, 6.45) is 13.5. The molecule has 0 saturated carbocycles. The second-order valence-corrected chi connectivity index (χ2v) is 7.34. The van der Waals surface area contributed by atoms with E-state index in [4.69, 9.17) is 4.18 Å². The smallest absolute Gasteiger partial charge is 0.268 e. The third-order valence-corrected chi connectivity index (χ3v) is 4.82. The van der Waals surface area contributed by atoms with E-state index >= 15 is 0 Å². The second-order valence-electron chi connectivity index (χ2n) is 6.05. The lowest BCUT2D eigenvalue weighted by molar-refractivity contribution is 0.216. The lowest BCUT2D eigenvalue weighted by Crippen LogP contribution is -2.11. The fraction of sp³-hybridized carbons (Fsp3) is 0.941. The normalized spacial score (nSPS) is 13.7. The average Bonchev–Trinajstić information content (AvgIpc) is 2.52. The van der Waals surface area contributed by atoms with Crippen LogP contribution in [0.15, 0.2) is 4.99 Å². The number of hydrogen-bond acceptors (Lipinski definition) is 5. The molecule has 0 aliphatic rings. The highest BCUT2D eigenvalue weighted by Crippen LogP contribution is 2.14. The van der Waals surface area contributed by atoms with E-state index in [1.807, 2.05) is 0 Å². The van der Waals surface area contributed by atoms with Gasteiger partial charge in [-0.25, -0.2) is 8.37 Å². The summed E-state index contributed by atoms with van der Waals surface area (Å²) in [7, 11) is -3.88. The van der Waals surface area contributed by atoms with Crippen molar-refractivity contribution < 1.29 is 16.8 Å². The van der Waals surface area contributed by atoms with Gasteiger partial charge in [-0.05, 0) is 25.5 Å². The average molecular weight is 350 g/mol. The summed E-state index contributed by atoms with van der Waals surface area (Å²) in [5, 5.41) is 0. The van der Waals surface area contributed by atoms with Crippen LogP contribution in [0, 0.1) is 5.92 Å². The first kappa shape index (κ1) is 22.5. The second kappa shape index (κ2) is 15.1. The molecule has 138 valence electrons. The van der Waals surface area contributed by atoms with Crippen LogP contribution in [0.4, 0.5) is 0 Å².